The first-order chi connectivity index (χ1) is 16.0. The molecule has 4 rings (SSSR count). The third-order valence-corrected chi connectivity index (χ3v) is 6.98. The van der Waals surface area contributed by atoms with Crippen molar-refractivity contribution in [2.45, 2.75) is 56.7 Å². The Morgan fingerprint density at radius 2 is 1.85 bits per heavy atom. The molecule has 0 aromatic heterocycles. The van der Waals surface area contributed by atoms with Crippen LogP contribution >= 0.6 is 0 Å². The minimum atomic E-state index is -0.599. The van der Waals surface area contributed by atoms with E-state index in [4.69, 9.17) is 4.74 Å². The predicted octanol–water partition coefficient (Wildman–Crippen LogP) is 1.69. The maximum Gasteiger partial charge on any atom is 0.249 e. The minimum absolute atomic E-state index is 0.250. The van der Waals surface area contributed by atoms with Gasteiger partial charge in [-0.25, -0.2) is 4.39 Å². The molecule has 1 saturated carbocycles. The molecule has 1 aromatic carbocycles. The summed E-state index contributed by atoms with van der Waals surface area (Å²) in [7, 11) is 1.53. The summed E-state index contributed by atoms with van der Waals surface area (Å²) in [5.41, 5.74) is 3.99. The molecule has 3 aliphatic rings. The van der Waals surface area contributed by atoms with Gasteiger partial charge >= 0.3 is 0 Å². The van der Waals surface area contributed by atoms with Gasteiger partial charge in [-0.15, -0.1) is 0 Å². The number of piperazine rings is 1. The summed E-state index contributed by atoms with van der Waals surface area (Å²) in [5.74, 6) is -0.577. The molecule has 1 aliphatic carbocycles. The fourth-order valence-electron chi connectivity index (χ4n) is 5.11. The number of methoxy groups -OCH3 is 1. The zero-order valence-corrected chi connectivity index (χ0v) is 19.1. The number of nitrogens with one attached hydrogen (secondary N) is 3. The second kappa shape index (κ2) is 10.4. The molecule has 10 heteroatoms. The van der Waals surface area contributed by atoms with E-state index in [1.165, 1.54) is 13.2 Å². The van der Waals surface area contributed by atoms with Crippen LogP contribution in [0.5, 0.6) is 5.75 Å². The quantitative estimate of drug-likeness (QED) is 0.324. The molecule has 33 heavy (non-hydrogen) atoms. The number of piperidine rings is 1. The Bertz CT molecular complexity index is 881. The van der Waals surface area contributed by atoms with E-state index in [0.29, 0.717) is 35.6 Å². The lowest BCUT2D eigenvalue weighted by atomic mass is 9.90. The highest BCUT2D eigenvalue weighted by Crippen LogP contribution is 2.34. The summed E-state index contributed by atoms with van der Waals surface area (Å²) in [6.45, 7) is 6.77. The molecule has 1 unspecified atom stereocenters. The van der Waals surface area contributed by atoms with Crippen molar-refractivity contribution >= 4 is 29.9 Å². The maximum atomic E-state index is 15.1. The number of carbonyl (C=O) groups is 2. The molecule has 180 valence electrons. The smallest absolute Gasteiger partial charge is 0.249 e. The van der Waals surface area contributed by atoms with Crippen LogP contribution in [0, 0.1) is 5.82 Å². The minimum Gasteiger partial charge on any atom is -0.495 e. The van der Waals surface area contributed by atoms with Gasteiger partial charge in [-0.05, 0) is 32.1 Å². The average Bonchev–Trinajstić information content (AvgIpc) is 2.82. The van der Waals surface area contributed by atoms with E-state index in [2.05, 4.69) is 37.7 Å². The summed E-state index contributed by atoms with van der Waals surface area (Å²) >= 11 is 0. The van der Waals surface area contributed by atoms with Crippen LogP contribution in [0.3, 0.4) is 0 Å². The van der Waals surface area contributed by atoms with Crippen molar-refractivity contribution < 1.29 is 18.7 Å². The average molecular weight is 461 g/mol. The number of benzene rings is 1. The zero-order valence-electron chi connectivity index (χ0n) is 19.1. The van der Waals surface area contributed by atoms with Gasteiger partial charge in [0.1, 0.15) is 17.6 Å². The van der Waals surface area contributed by atoms with Crippen LogP contribution in [-0.4, -0.2) is 74.8 Å². The number of ether oxygens (including phenoxy) is 1. The first-order valence-corrected chi connectivity index (χ1v) is 11.7. The van der Waals surface area contributed by atoms with E-state index in [-0.39, 0.29) is 18.1 Å². The number of anilines is 2. The number of carbonyl (C=O) groups excluding carboxylic acids is 2. The fraction of sp³-hybridized carbons (Fsp3) is 0.609. The summed E-state index contributed by atoms with van der Waals surface area (Å²) in [6, 6.07) is 3.46. The molecular formula is C23H33FN6O3. The number of rotatable bonds is 7. The van der Waals surface area contributed by atoms with Gasteiger partial charge in [-0.1, -0.05) is 0 Å². The Balaban J connectivity index is 1.37. The highest BCUT2D eigenvalue weighted by Gasteiger charge is 2.30. The van der Waals surface area contributed by atoms with Gasteiger partial charge in [0.25, 0.3) is 0 Å². The normalized spacial score (nSPS) is 26.5. The number of amides is 2. The molecule has 0 radical (unpaired) electrons. The molecule has 2 saturated heterocycles. The first kappa shape index (κ1) is 23.3. The third-order valence-electron chi connectivity index (χ3n) is 6.98. The van der Waals surface area contributed by atoms with Crippen molar-refractivity contribution in [2.24, 2.45) is 5.10 Å². The van der Waals surface area contributed by atoms with Crippen LogP contribution in [0.4, 0.5) is 15.8 Å². The van der Waals surface area contributed by atoms with E-state index >= 15 is 4.39 Å². The van der Waals surface area contributed by atoms with Gasteiger partial charge in [0.05, 0.1) is 18.5 Å². The summed E-state index contributed by atoms with van der Waals surface area (Å²) in [5, 5.41) is 9.14. The van der Waals surface area contributed by atoms with Crippen molar-refractivity contribution in [1.29, 1.82) is 0 Å². The summed E-state index contributed by atoms with van der Waals surface area (Å²) in [6.07, 6.45) is 5.07. The highest BCUT2D eigenvalue weighted by atomic mass is 19.1. The second-order valence-corrected chi connectivity index (χ2v) is 8.97. The number of nitrogens with zero attached hydrogens (tertiary/aromatic N) is 3. The van der Waals surface area contributed by atoms with Gasteiger partial charge < -0.3 is 20.4 Å². The Kier molecular flexibility index (Phi) is 7.32. The van der Waals surface area contributed by atoms with Gasteiger partial charge in [0, 0.05) is 63.5 Å². The molecule has 1 aromatic rings. The lowest BCUT2D eigenvalue weighted by Gasteiger charge is -2.42. The van der Waals surface area contributed by atoms with Crippen molar-refractivity contribution in [1.82, 2.24) is 15.6 Å². The second-order valence-electron chi connectivity index (χ2n) is 8.97. The molecule has 2 aliphatic heterocycles. The van der Waals surface area contributed by atoms with E-state index in [9.17, 15) is 9.59 Å². The monoisotopic (exact) mass is 460 g/mol. The largest absolute Gasteiger partial charge is 0.495 e. The molecule has 0 spiro atoms. The number of hydrazone groups is 1. The van der Waals surface area contributed by atoms with Crippen LogP contribution < -0.4 is 25.7 Å². The molecule has 2 heterocycles. The van der Waals surface area contributed by atoms with Gasteiger partial charge in [0.15, 0.2) is 0 Å². The van der Waals surface area contributed by atoms with Crippen molar-refractivity contribution in [3.05, 3.63) is 17.9 Å². The fourth-order valence-corrected chi connectivity index (χ4v) is 5.11. The lowest BCUT2D eigenvalue weighted by Crippen LogP contribution is -2.52. The van der Waals surface area contributed by atoms with E-state index in [1.807, 2.05) is 0 Å². The van der Waals surface area contributed by atoms with Crippen LogP contribution in [0.15, 0.2) is 17.2 Å². The number of imide groups is 1. The Hall–Kier alpha value is -2.88. The Labute approximate surface area is 193 Å². The SMILES string of the molecule is C=NNC1CCC(N2CCN(c3cc(OC)c(NC4CCC(=O)NC4=O)cc3F)CC2)CC1. The summed E-state index contributed by atoms with van der Waals surface area (Å²) in [4.78, 5) is 28.0. The summed E-state index contributed by atoms with van der Waals surface area (Å²) < 4.78 is 20.6. The number of halogens is 1. The molecule has 2 amide bonds. The maximum absolute atomic E-state index is 15.1. The molecular weight excluding hydrogens is 427 g/mol. The zero-order chi connectivity index (χ0) is 23.4. The standard InChI is InChI=1S/C23H33FN6O3/c1-25-28-15-3-5-16(6-4-15)29-9-11-30(12-10-29)20-14-21(33-2)19(13-17(20)24)26-18-7-8-22(31)27-23(18)32/h13-16,18,26,28H,1,3-12H2,2H3,(H,27,31,32). The molecule has 3 N–H and O–H groups in total. The Morgan fingerprint density at radius 1 is 1.12 bits per heavy atom. The van der Waals surface area contributed by atoms with E-state index in [0.717, 1.165) is 51.9 Å². The van der Waals surface area contributed by atoms with Crippen LogP contribution in [-0.2, 0) is 9.59 Å². The Morgan fingerprint density at radius 3 is 2.48 bits per heavy atom. The molecule has 9 nitrogen and oxygen atoms in total. The van der Waals surface area contributed by atoms with Crippen molar-refractivity contribution in [3.8, 4) is 5.75 Å². The molecule has 3 fully saturated rings. The van der Waals surface area contributed by atoms with Gasteiger partial charge in [-0.3, -0.25) is 19.8 Å². The van der Waals surface area contributed by atoms with Crippen LogP contribution in [0.1, 0.15) is 38.5 Å². The highest BCUT2D eigenvalue weighted by molar-refractivity contribution is 6.01. The molecule has 1 atom stereocenters. The molecule has 0 bridgehead atoms. The van der Waals surface area contributed by atoms with E-state index < -0.39 is 11.9 Å². The number of hydrogen-bond donors (Lipinski definition) is 3. The van der Waals surface area contributed by atoms with Crippen LogP contribution in [0.2, 0.25) is 0 Å². The topological polar surface area (TPSA) is 98.3 Å². The predicted molar refractivity (Wildman–Crippen MR) is 125 cm³/mol. The van der Waals surface area contributed by atoms with Crippen molar-refractivity contribution in [3.63, 3.8) is 0 Å². The van der Waals surface area contributed by atoms with Gasteiger partial charge in [0.2, 0.25) is 11.8 Å². The van der Waals surface area contributed by atoms with Crippen molar-refractivity contribution in [2.75, 3.05) is 43.5 Å². The third kappa shape index (κ3) is 5.38. The lowest BCUT2D eigenvalue weighted by molar-refractivity contribution is -0.133. The van der Waals surface area contributed by atoms with Crippen LogP contribution in [0.25, 0.3) is 0 Å². The first-order valence-electron chi connectivity index (χ1n) is 11.7. The van der Waals surface area contributed by atoms with Gasteiger partial charge in [-0.2, -0.15) is 5.10 Å². The number of hydrogen-bond acceptors (Lipinski definition) is 8. The van der Waals surface area contributed by atoms with E-state index in [1.54, 1.807) is 6.07 Å².